The Hall–Kier alpha value is -1.58. The molecule has 1 rings (SSSR count). The maximum atomic E-state index is 11.5. The van der Waals surface area contributed by atoms with E-state index in [-0.39, 0.29) is 18.1 Å². The first-order valence-electron chi connectivity index (χ1n) is 6.46. The van der Waals surface area contributed by atoms with Crippen molar-refractivity contribution >= 4 is 5.97 Å². The van der Waals surface area contributed by atoms with Crippen LogP contribution in [-0.2, 0) is 16.1 Å². The van der Waals surface area contributed by atoms with Gasteiger partial charge in [0.25, 0.3) is 5.56 Å². The maximum absolute atomic E-state index is 11.5. The molecule has 0 radical (unpaired) electrons. The van der Waals surface area contributed by atoms with Crippen molar-refractivity contribution in [2.45, 2.75) is 46.1 Å². The number of esters is 1. The van der Waals surface area contributed by atoms with Crippen LogP contribution in [0, 0.1) is 6.92 Å². The lowest BCUT2D eigenvalue weighted by Crippen LogP contribution is -2.24. The lowest BCUT2D eigenvalue weighted by Gasteiger charge is -2.07. The van der Waals surface area contributed by atoms with Crippen molar-refractivity contribution in [2.75, 3.05) is 6.61 Å². The first kappa shape index (κ1) is 14.5. The van der Waals surface area contributed by atoms with E-state index < -0.39 is 0 Å². The number of pyridine rings is 1. The molecular weight excluding hydrogens is 230 g/mol. The minimum atomic E-state index is -0.348. The molecule has 1 heterocycles. The number of aromatic nitrogens is 1. The highest BCUT2D eigenvalue weighted by atomic mass is 16.5. The molecule has 0 fully saturated rings. The number of hydrogen-bond acceptors (Lipinski definition) is 3. The van der Waals surface area contributed by atoms with Gasteiger partial charge in [-0.3, -0.25) is 9.59 Å². The number of carbonyl (C=O) groups is 1. The van der Waals surface area contributed by atoms with E-state index in [0.29, 0.717) is 6.61 Å². The van der Waals surface area contributed by atoms with Crippen molar-refractivity contribution in [1.29, 1.82) is 0 Å². The van der Waals surface area contributed by atoms with Crippen LogP contribution in [0.25, 0.3) is 0 Å². The Bertz CT molecular complexity index is 437. The van der Waals surface area contributed by atoms with E-state index in [4.69, 9.17) is 4.74 Å². The fraction of sp³-hybridized carbons (Fsp3) is 0.571. The van der Waals surface area contributed by atoms with Gasteiger partial charge in [-0.05, 0) is 18.9 Å². The van der Waals surface area contributed by atoms with Gasteiger partial charge in [0, 0.05) is 12.3 Å². The van der Waals surface area contributed by atoms with Gasteiger partial charge in [0.15, 0.2) is 0 Å². The summed E-state index contributed by atoms with van der Waals surface area (Å²) in [6, 6.07) is 3.19. The third-order valence-corrected chi connectivity index (χ3v) is 2.69. The van der Waals surface area contributed by atoms with Crippen LogP contribution in [0.15, 0.2) is 23.1 Å². The van der Waals surface area contributed by atoms with E-state index in [1.165, 1.54) is 10.6 Å². The van der Waals surface area contributed by atoms with Gasteiger partial charge in [0.05, 0.1) is 6.61 Å². The fourth-order valence-electron chi connectivity index (χ4n) is 1.67. The van der Waals surface area contributed by atoms with Crippen molar-refractivity contribution in [3.05, 3.63) is 34.2 Å². The minimum Gasteiger partial charge on any atom is -0.464 e. The highest BCUT2D eigenvalue weighted by molar-refractivity contribution is 5.69. The summed E-state index contributed by atoms with van der Waals surface area (Å²) in [4.78, 5) is 23.0. The van der Waals surface area contributed by atoms with Crippen LogP contribution in [0.4, 0.5) is 0 Å². The first-order valence-corrected chi connectivity index (χ1v) is 6.46. The van der Waals surface area contributed by atoms with Crippen LogP contribution in [0.1, 0.15) is 38.2 Å². The molecule has 0 saturated carbocycles. The summed E-state index contributed by atoms with van der Waals surface area (Å²) in [5.74, 6) is -0.348. The summed E-state index contributed by atoms with van der Waals surface area (Å²) in [5.41, 5.74) is 0.772. The van der Waals surface area contributed by atoms with Gasteiger partial charge in [-0.25, -0.2) is 0 Å². The highest BCUT2D eigenvalue weighted by Crippen LogP contribution is 1.99. The Morgan fingerprint density at radius 1 is 1.28 bits per heavy atom. The predicted octanol–water partition coefficient (Wildman–Crippen LogP) is 2.28. The summed E-state index contributed by atoms with van der Waals surface area (Å²) in [6.45, 7) is 4.45. The molecule has 100 valence electrons. The smallest absolute Gasteiger partial charge is 0.326 e. The van der Waals surface area contributed by atoms with E-state index in [1.54, 1.807) is 12.3 Å². The lowest BCUT2D eigenvalue weighted by molar-refractivity contribution is -0.144. The molecule has 0 unspecified atom stereocenters. The molecule has 0 saturated heterocycles. The number of carbonyl (C=O) groups excluding carboxylic acids is 1. The molecule has 18 heavy (non-hydrogen) atoms. The molecule has 4 nitrogen and oxygen atoms in total. The molecular formula is C14H21NO3. The highest BCUT2D eigenvalue weighted by Gasteiger charge is 2.05. The second-order valence-corrected chi connectivity index (χ2v) is 4.45. The summed E-state index contributed by atoms with van der Waals surface area (Å²) < 4.78 is 6.47. The Kier molecular flexibility index (Phi) is 6.19. The zero-order chi connectivity index (χ0) is 13.4. The largest absolute Gasteiger partial charge is 0.464 e. The Morgan fingerprint density at radius 3 is 2.78 bits per heavy atom. The van der Waals surface area contributed by atoms with Crippen LogP contribution in [0.5, 0.6) is 0 Å². The Labute approximate surface area is 108 Å². The summed E-state index contributed by atoms with van der Waals surface area (Å²) in [7, 11) is 0. The van der Waals surface area contributed by atoms with Gasteiger partial charge in [0.1, 0.15) is 6.54 Å². The predicted molar refractivity (Wildman–Crippen MR) is 70.5 cm³/mol. The van der Waals surface area contributed by atoms with Crippen LogP contribution in [0.3, 0.4) is 0 Å². The number of ether oxygens (including phenoxy) is 1. The zero-order valence-corrected chi connectivity index (χ0v) is 11.1. The van der Waals surface area contributed by atoms with E-state index in [0.717, 1.165) is 31.2 Å². The van der Waals surface area contributed by atoms with Crippen LogP contribution < -0.4 is 5.56 Å². The molecule has 1 aromatic rings. The summed E-state index contributed by atoms with van der Waals surface area (Å²) in [5, 5.41) is 0. The van der Waals surface area contributed by atoms with Crippen molar-refractivity contribution < 1.29 is 9.53 Å². The molecule has 0 N–H and O–H groups in total. The molecule has 0 amide bonds. The lowest BCUT2D eigenvalue weighted by atomic mass is 10.2. The number of nitrogens with zero attached hydrogens (tertiary/aromatic N) is 1. The van der Waals surface area contributed by atoms with E-state index in [9.17, 15) is 9.59 Å². The average Bonchev–Trinajstić information content (AvgIpc) is 2.33. The minimum absolute atomic E-state index is 0.00566. The van der Waals surface area contributed by atoms with Gasteiger partial charge in [-0.2, -0.15) is 0 Å². The van der Waals surface area contributed by atoms with E-state index in [1.807, 2.05) is 6.92 Å². The van der Waals surface area contributed by atoms with Gasteiger partial charge in [0.2, 0.25) is 0 Å². The second-order valence-electron chi connectivity index (χ2n) is 4.45. The topological polar surface area (TPSA) is 48.3 Å². The van der Waals surface area contributed by atoms with E-state index in [2.05, 4.69) is 6.92 Å². The molecule has 1 aromatic heterocycles. The summed E-state index contributed by atoms with van der Waals surface area (Å²) in [6.07, 6.45) is 5.96. The molecule has 4 heteroatoms. The third kappa shape index (κ3) is 5.17. The average molecular weight is 251 g/mol. The number of aryl methyl sites for hydroxylation is 1. The number of unbranched alkanes of at least 4 members (excludes halogenated alkanes) is 3. The van der Waals surface area contributed by atoms with Crippen molar-refractivity contribution in [1.82, 2.24) is 4.57 Å². The van der Waals surface area contributed by atoms with Crippen molar-refractivity contribution in [3.63, 3.8) is 0 Å². The first-order chi connectivity index (χ1) is 8.63. The Balaban J connectivity index is 2.35. The number of hydrogen-bond donors (Lipinski definition) is 0. The third-order valence-electron chi connectivity index (χ3n) is 2.69. The molecule has 0 aliphatic heterocycles. The van der Waals surface area contributed by atoms with Crippen molar-refractivity contribution in [3.8, 4) is 0 Å². The molecule has 0 atom stereocenters. The van der Waals surface area contributed by atoms with Crippen LogP contribution in [-0.4, -0.2) is 17.1 Å². The maximum Gasteiger partial charge on any atom is 0.326 e. The molecule has 0 bridgehead atoms. The number of rotatable bonds is 7. The van der Waals surface area contributed by atoms with Crippen LogP contribution in [0.2, 0.25) is 0 Å². The standard InChI is InChI=1S/C14H21NO3/c1-3-4-5-6-9-18-14(17)11-15-10-12(2)7-8-13(15)16/h7-8,10H,3-6,9,11H2,1-2H3. The second kappa shape index (κ2) is 7.69. The van der Waals surface area contributed by atoms with Crippen molar-refractivity contribution in [2.24, 2.45) is 0 Å². The summed E-state index contributed by atoms with van der Waals surface area (Å²) >= 11 is 0. The van der Waals surface area contributed by atoms with Crippen LogP contribution >= 0.6 is 0 Å². The van der Waals surface area contributed by atoms with Gasteiger partial charge >= 0.3 is 5.97 Å². The van der Waals surface area contributed by atoms with Gasteiger partial charge < -0.3 is 9.30 Å². The molecule has 0 spiro atoms. The molecule has 0 aliphatic carbocycles. The molecule has 0 aromatic carbocycles. The SMILES string of the molecule is CCCCCCOC(=O)Cn1cc(C)ccc1=O. The quantitative estimate of drug-likeness (QED) is 0.552. The van der Waals surface area contributed by atoms with E-state index >= 15 is 0 Å². The fourth-order valence-corrected chi connectivity index (χ4v) is 1.67. The monoisotopic (exact) mass is 251 g/mol. The normalized spacial score (nSPS) is 10.3. The Morgan fingerprint density at radius 2 is 2.06 bits per heavy atom. The zero-order valence-electron chi connectivity index (χ0n) is 11.1. The van der Waals surface area contributed by atoms with Gasteiger partial charge in [-0.15, -0.1) is 0 Å². The molecule has 0 aliphatic rings. The van der Waals surface area contributed by atoms with Gasteiger partial charge in [-0.1, -0.05) is 32.3 Å².